The molecule has 0 saturated heterocycles. The minimum atomic E-state index is -4.46. The summed E-state index contributed by atoms with van der Waals surface area (Å²) < 4.78 is 31.0. The molecule has 2 aromatic carbocycles. The Bertz CT molecular complexity index is 776. The number of benzene rings is 2. The van der Waals surface area contributed by atoms with Gasteiger partial charge in [0.25, 0.3) is 10.1 Å². The molecule has 4 N–H and O–H groups in total. The smallest absolute Gasteiger partial charge is 0.872 e. The molecule has 0 aliphatic rings. The number of primary amides is 1. The second kappa shape index (κ2) is 6.39. The minimum Gasteiger partial charge on any atom is -0.872 e. The summed E-state index contributed by atoms with van der Waals surface area (Å²) in [5.74, 6) is -0.546. The molecule has 0 heterocycles. The molecular formula is C11H9KN2O5S. The second-order valence-corrected chi connectivity index (χ2v) is 5.24. The van der Waals surface area contributed by atoms with Crippen LogP contribution < -0.4 is 67.5 Å². The first kappa shape index (κ1) is 17.4. The van der Waals surface area contributed by atoms with Gasteiger partial charge in [0.15, 0.2) is 0 Å². The Balaban J connectivity index is 0.00000200. The van der Waals surface area contributed by atoms with E-state index in [1.807, 2.05) is 0 Å². The maximum Gasteiger partial charge on any atom is 1.00 e. The summed E-state index contributed by atoms with van der Waals surface area (Å²) in [5, 5.41) is 14.5. The molecule has 0 radical (unpaired) electrons. The number of carbonyl (C=O) groups is 1. The maximum atomic E-state index is 11.7. The monoisotopic (exact) mass is 320 g/mol. The topological polar surface area (TPSA) is 133 Å². The summed E-state index contributed by atoms with van der Waals surface area (Å²) in [6, 6.07) is 5.46. The van der Waals surface area contributed by atoms with Gasteiger partial charge >= 0.3 is 57.4 Å². The van der Waals surface area contributed by atoms with E-state index in [0.717, 1.165) is 12.1 Å². The Labute approximate surface area is 157 Å². The van der Waals surface area contributed by atoms with Crippen LogP contribution in [0.1, 0.15) is 0 Å². The first-order valence-corrected chi connectivity index (χ1v) is 6.50. The molecule has 2 amide bonds. The van der Waals surface area contributed by atoms with Crippen molar-refractivity contribution >= 4 is 32.6 Å². The zero-order valence-corrected chi connectivity index (χ0v) is 14.4. The predicted molar refractivity (Wildman–Crippen MR) is 66.4 cm³/mol. The Hall–Kier alpha value is -0.684. The molecule has 2 aromatic rings. The normalized spacial score (nSPS) is 10.8. The molecule has 0 aliphatic carbocycles. The number of nitrogens with one attached hydrogen (secondary N) is 1. The number of amides is 2. The van der Waals surface area contributed by atoms with Crippen LogP contribution in [0.5, 0.6) is 5.75 Å². The second-order valence-electron chi connectivity index (χ2n) is 3.82. The fourth-order valence-electron chi connectivity index (χ4n) is 1.68. The van der Waals surface area contributed by atoms with E-state index >= 15 is 0 Å². The number of carbonyl (C=O) groups excluding carboxylic acids is 1. The SMILES string of the molecule is NC(=O)Nc1ccc2c([O-])cc(S(=O)(=O)O)cc2c1.[K+]. The summed E-state index contributed by atoms with van der Waals surface area (Å²) in [7, 11) is -4.46. The van der Waals surface area contributed by atoms with Crippen LogP contribution in [0.4, 0.5) is 10.5 Å². The summed E-state index contributed by atoms with van der Waals surface area (Å²) in [6.07, 6.45) is 0. The molecule has 0 aliphatic heterocycles. The Kier molecular flexibility index (Phi) is 5.55. The summed E-state index contributed by atoms with van der Waals surface area (Å²) in [5.41, 5.74) is 5.26. The van der Waals surface area contributed by atoms with Crippen molar-refractivity contribution < 1.29 is 74.3 Å². The van der Waals surface area contributed by atoms with E-state index in [4.69, 9.17) is 10.3 Å². The standard InChI is InChI=1S/C11H10N2O5S.K/c12-11(15)13-7-1-2-9-6(3-7)4-8(5-10(9)14)19(16,17)18;/h1-5,14H,(H3,12,13,15)(H,16,17,18);/q;+1/p-1. The van der Waals surface area contributed by atoms with Gasteiger partial charge in [0.05, 0.1) is 4.90 Å². The fourth-order valence-corrected chi connectivity index (χ4v) is 2.21. The van der Waals surface area contributed by atoms with Crippen molar-refractivity contribution in [1.82, 2.24) is 0 Å². The molecule has 2 rings (SSSR count). The third-order valence-electron chi connectivity index (χ3n) is 2.45. The van der Waals surface area contributed by atoms with E-state index in [1.165, 1.54) is 18.2 Å². The average molecular weight is 320 g/mol. The number of hydrogen-bond acceptors (Lipinski definition) is 4. The first-order valence-electron chi connectivity index (χ1n) is 5.06. The molecule has 100 valence electrons. The number of nitrogens with two attached hydrogens (primary N) is 1. The zero-order valence-electron chi connectivity index (χ0n) is 10.5. The van der Waals surface area contributed by atoms with E-state index in [-0.39, 0.29) is 62.2 Å². The Morgan fingerprint density at radius 1 is 1.25 bits per heavy atom. The molecule has 0 saturated carbocycles. The first-order chi connectivity index (χ1) is 8.77. The molecular weight excluding hydrogens is 311 g/mol. The Morgan fingerprint density at radius 2 is 1.90 bits per heavy atom. The van der Waals surface area contributed by atoms with Crippen molar-refractivity contribution in [2.24, 2.45) is 5.73 Å². The van der Waals surface area contributed by atoms with E-state index in [2.05, 4.69) is 5.32 Å². The van der Waals surface area contributed by atoms with Gasteiger partial charge in [0, 0.05) is 5.69 Å². The van der Waals surface area contributed by atoms with Crippen LogP contribution in [-0.4, -0.2) is 19.0 Å². The molecule has 20 heavy (non-hydrogen) atoms. The number of hydrogen-bond donors (Lipinski definition) is 3. The van der Waals surface area contributed by atoms with Gasteiger partial charge in [0.2, 0.25) is 0 Å². The molecule has 0 atom stereocenters. The summed E-state index contributed by atoms with van der Waals surface area (Å²) >= 11 is 0. The van der Waals surface area contributed by atoms with Gasteiger partial charge < -0.3 is 16.2 Å². The molecule has 0 unspecified atom stereocenters. The van der Waals surface area contributed by atoms with Crippen molar-refractivity contribution in [2.45, 2.75) is 4.90 Å². The number of urea groups is 1. The molecule has 0 aromatic heterocycles. The van der Waals surface area contributed by atoms with Crippen molar-refractivity contribution in [3.05, 3.63) is 30.3 Å². The molecule has 7 nitrogen and oxygen atoms in total. The van der Waals surface area contributed by atoms with Gasteiger partial charge in [-0.1, -0.05) is 11.8 Å². The van der Waals surface area contributed by atoms with Crippen LogP contribution >= 0.6 is 0 Å². The van der Waals surface area contributed by atoms with Crippen molar-refractivity contribution in [3.63, 3.8) is 0 Å². The Morgan fingerprint density at radius 3 is 2.45 bits per heavy atom. The maximum absolute atomic E-state index is 11.7. The van der Waals surface area contributed by atoms with Gasteiger partial charge in [-0.2, -0.15) is 8.42 Å². The largest absolute Gasteiger partial charge is 1.00 e. The molecule has 0 spiro atoms. The van der Waals surface area contributed by atoms with E-state index < -0.39 is 26.8 Å². The third-order valence-corrected chi connectivity index (χ3v) is 3.28. The van der Waals surface area contributed by atoms with Crippen LogP contribution in [0.25, 0.3) is 10.8 Å². The van der Waals surface area contributed by atoms with Gasteiger partial charge in [-0.25, -0.2) is 4.79 Å². The van der Waals surface area contributed by atoms with Crippen molar-refractivity contribution in [2.75, 3.05) is 5.32 Å². The van der Waals surface area contributed by atoms with Gasteiger partial charge in [0.1, 0.15) is 0 Å². The van der Waals surface area contributed by atoms with Gasteiger partial charge in [-0.05, 0) is 35.0 Å². The predicted octanol–water partition coefficient (Wildman–Crippen LogP) is -2.35. The van der Waals surface area contributed by atoms with Crippen LogP contribution in [-0.2, 0) is 10.1 Å². The van der Waals surface area contributed by atoms with Crippen molar-refractivity contribution in [1.29, 1.82) is 0 Å². The van der Waals surface area contributed by atoms with Crippen LogP contribution in [0.3, 0.4) is 0 Å². The average Bonchev–Trinajstić information content (AvgIpc) is 2.26. The molecule has 9 heteroatoms. The zero-order chi connectivity index (χ0) is 14.2. The van der Waals surface area contributed by atoms with Gasteiger partial charge in [-0.15, -0.1) is 0 Å². The number of rotatable bonds is 2. The van der Waals surface area contributed by atoms with Crippen LogP contribution in [0, 0.1) is 0 Å². The van der Waals surface area contributed by atoms with E-state index in [9.17, 15) is 18.3 Å². The number of anilines is 1. The fraction of sp³-hybridized carbons (Fsp3) is 0. The van der Waals surface area contributed by atoms with E-state index in [0.29, 0.717) is 5.69 Å². The minimum absolute atomic E-state index is 0. The van der Waals surface area contributed by atoms with Gasteiger partial charge in [-0.3, -0.25) is 4.55 Å². The summed E-state index contributed by atoms with van der Waals surface area (Å²) in [6.45, 7) is 0. The third kappa shape index (κ3) is 3.91. The number of fused-ring (bicyclic) bond motifs is 1. The van der Waals surface area contributed by atoms with E-state index in [1.54, 1.807) is 0 Å². The summed E-state index contributed by atoms with van der Waals surface area (Å²) in [4.78, 5) is 10.2. The van der Waals surface area contributed by atoms with Crippen LogP contribution in [0.2, 0.25) is 0 Å². The van der Waals surface area contributed by atoms with Crippen molar-refractivity contribution in [3.8, 4) is 5.75 Å². The molecule has 0 bridgehead atoms. The quantitative estimate of drug-likeness (QED) is 0.421. The van der Waals surface area contributed by atoms with Crippen LogP contribution in [0.15, 0.2) is 35.2 Å². The molecule has 0 fully saturated rings.